The van der Waals surface area contributed by atoms with Crippen LogP contribution in [-0.2, 0) is 32.7 Å². The van der Waals surface area contributed by atoms with Gasteiger partial charge in [0, 0.05) is 12.8 Å². The second-order valence-electron chi connectivity index (χ2n) is 16.8. The Morgan fingerprint density at radius 1 is 0.500 bits per heavy atom. The summed E-state index contributed by atoms with van der Waals surface area (Å²) in [6, 6.07) is 0. The molecule has 54 heavy (non-hydrogen) atoms. The number of phosphoric ester groups is 1. The minimum absolute atomic E-state index is 0.0369. The quantitative estimate of drug-likeness (QED) is 0.0282. The summed E-state index contributed by atoms with van der Waals surface area (Å²) in [5.41, 5.74) is 0. The normalized spacial score (nSPS) is 13.5. The fourth-order valence-corrected chi connectivity index (χ4v) is 7.29. The lowest BCUT2D eigenvalue weighted by Crippen LogP contribution is -2.37. The molecule has 0 aromatic heterocycles. The van der Waals surface area contributed by atoms with Crippen molar-refractivity contribution in [2.45, 2.75) is 225 Å². The Kier molecular flexibility index (Phi) is 36.9. The third-order valence-corrected chi connectivity index (χ3v) is 11.1. The van der Waals surface area contributed by atoms with E-state index in [1.165, 1.54) is 154 Å². The zero-order chi connectivity index (χ0) is 40.0. The molecule has 0 fully saturated rings. The number of carbonyl (C=O) groups excluding carboxylic acids is 2. The highest BCUT2D eigenvalue weighted by atomic mass is 31.2. The molecule has 0 bridgehead atoms. The van der Waals surface area contributed by atoms with Crippen molar-refractivity contribution in [3.63, 3.8) is 0 Å². The monoisotopic (exact) mass is 791 g/mol. The van der Waals surface area contributed by atoms with Gasteiger partial charge < -0.3 is 18.9 Å². The van der Waals surface area contributed by atoms with Crippen molar-refractivity contribution in [1.82, 2.24) is 0 Å². The number of carbonyl (C=O) groups is 2. The molecule has 0 aliphatic rings. The molecule has 0 aromatic carbocycles. The Labute approximate surface area is 334 Å². The molecule has 0 aliphatic heterocycles. The molecule has 0 aromatic rings. The topological polar surface area (TPSA) is 108 Å². The number of rotatable bonds is 42. The number of unbranched alkanes of at least 4 members (excludes halogenated alkanes) is 28. The smallest absolute Gasteiger partial charge is 0.462 e. The van der Waals surface area contributed by atoms with Crippen LogP contribution in [0.5, 0.6) is 0 Å². The van der Waals surface area contributed by atoms with Crippen LogP contribution in [0.15, 0.2) is 0 Å². The summed E-state index contributed by atoms with van der Waals surface area (Å²) < 4.78 is 34.3. The lowest BCUT2D eigenvalue weighted by Gasteiger charge is -2.24. The number of quaternary nitrogens is 1. The van der Waals surface area contributed by atoms with Crippen molar-refractivity contribution in [1.29, 1.82) is 0 Å². The highest BCUT2D eigenvalue weighted by Gasteiger charge is 2.27. The van der Waals surface area contributed by atoms with Crippen LogP contribution in [0.2, 0.25) is 0 Å². The van der Waals surface area contributed by atoms with Crippen LogP contribution in [0.4, 0.5) is 0 Å². The van der Waals surface area contributed by atoms with Gasteiger partial charge in [0.15, 0.2) is 6.10 Å². The van der Waals surface area contributed by atoms with Gasteiger partial charge in [-0.3, -0.25) is 18.6 Å². The number of phosphoric acid groups is 1. The highest BCUT2D eigenvalue weighted by molar-refractivity contribution is 7.47. The van der Waals surface area contributed by atoms with Gasteiger partial charge in [0.1, 0.15) is 19.8 Å². The molecule has 322 valence electrons. The van der Waals surface area contributed by atoms with Crippen molar-refractivity contribution < 1.29 is 42.1 Å². The minimum Gasteiger partial charge on any atom is -0.462 e. The van der Waals surface area contributed by atoms with Crippen LogP contribution in [0.3, 0.4) is 0 Å². The van der Waals surface area contributed by atoms with E-state index in [4.69, 9.17) is 18.5 Å². The van der Waals surface area contributed by atoms with Gasteiger partial charge >= 0.3 is 19.8 Å². The fourth-order valence-electron chi connectivity index (χ4n) is 6.54. The molecule has 0 spiro atoms. The van der Waals surface area contributed by atoms with Gasteiger partial charge in [-0.05, 0) is 12.8 Å². The fraction of sp³-hybridized carbons (Fsp3) is 0.955. The lowest BCUT2D eigenvalue weighted by molar-refractivity contribution is -0.870. The average molecular weight is 791 g/mol. The molecule has 0 radical (unpaired) electrons. The Balaban J connectivity index is 4.30. The van der Waals surface area contributed by atoms with E-state index in [0.29, 0.717) is 17.4 Å². The first-order chi connectivity index (χ1) is 26.0. The third kappa shape index (κ3) is 40.7. The number of esters is 2. The highest BCUT2D eigenvalue weighted by Crippen LogP contribution is 2.43. The first-order valence-corrected chi connectivity index (χ1v) is 24.3. The third-order valence-electron chi connectivity index (χ3n) is 10.1. The molecule has 0 rings (SSSR count). The van der Waals surface area contributed by atoms with Gasteiger partial charge in [-0.15, -0.1) is 0 Å². The van der Waals surface area contributed by atoms with Crippen LogP contribution in [0.25, 0.3) is 0 Å². The second-order valence-corrected chi connectivity index (χ2v) is 18.3. The van der Waals surface area contributed by atoms with E-state index in [2.05, 4.69) is 13.8 Å². The van der Waals surface area contributed by atoms with Crippen LogP contribution >= 0.6 is 7.82 Å². The number of hydrogen-bond donors (Lipinski definition) is 1. The molecular weight excluding hydrogens is 701 g/mol. The Morgan fingerprint density at radius 3 is 1.19 bits per heavy atom. The largest absolute Gasteiger partial charge is 0.472 e. The summed E-state index contributed by atoms with van der Waals surface area (Å²) >= 11 is 0. The molecule has 0 saturated carbocycles. The zero-order valence-corrected chi connectivity index (χ0v) is 37.1. The molecular formula is C44H89NO8P+. The Morgan fingerprint density at radius 2 is 0.833 bits per heavy atom. The standard InChI is InChI=1S/C44H88NO8P/c1-6-8-10-12-14-16-18-20-22-24-26-28-30-32-34-36-43(46)50-40-42(41-52-54(48,49)51-39-38-45(3,4)5)53-44(47)37-35-33-31-29-27-25-23-21-19-17-15-13-11-9-7-2/h42H,6-41H2,1-5H3/p+1/t42-/m1/s1. The molecule has 0 heterocycles. The van der Waals surface area contributed by atoms with E-state index in [-0.39, 0.29) is 25.6 Å². The number of nitrogens with zero attached hydrogens (tertiary/aromatic N) is 1. The summed E-state index contributed by atoms with van der Waals surface area (Å²) in [6.45, 7) is 4.46. The molecule has 1 N–H and O–H groups in total. The van der Waals surface area contributed by atoms with E-state index in [9.17, 15) is 19.0 Å². The van der Waals surface area contributed by atoms with Gasteiger partial charge in [0.25, 0.3) is 0 Å². The number of ether oxygens (including phenoxy) is 2. The van der Waals surface area contributed by atoms with Crippen molar-refractivity contribution in [3.8, 4) is 0 Å². The molecule has 9 nitrogen and oxygen atoms in total. The maximum absolute atomic E-state index is 12.7. The summed E-state index contributed by atoms with van der Waals surface area (Å²) in [4.78, 5) is 35.4. The van der Waals surface area contributed by atoms with Crippen LogP contribution in [0.1, 0.15) is 219 Å². The predicted octanol–water partition coefficient (Wildman–Crippen LogP) is 12.8. The van der Waals surface area contributed by atoms with Crippen molar-refractivity contribution in [3.05, 3.63) is 0 Å². The summed E-state index contributed by atoms with van der Waals surface area (Å²) in [6.07, 6.45) is 37.1. The minimum atomic E-state index is -4.37. The summed E-state index contributed by atoms with van der Waals surface area (Å²) in [7, 11) is 1.49. The van der Waals surface area contributed by atoms with Gasteiger partial charge in [-0.25, -0.2) is 4.57 Å². The van der Waals surface area contributed by atoms with Crippen molar-refractivity contribution in [2.24, 2.45) is 0 Å². The maximum atomic E-state index is 12.7. The SMILES string of the molecule is CCCCCCCCCCCCCCCCCC(=O)OC[C@H](COP(=O)(O)OCC[N+](C)(C)C)OC(=O)CCCCCCCCCCCCCCCCC. The van der Waals surface area contributed by atoms with Crippen molar-refractivity contribution in [2.75, 3.05) is 47.5 Å². The Bertz CT molecular complexity index is 896. The van der Waals surface area contributed by atoms with Crippen LogP contribution in [0, 0.1) is 0 Å². The number of likely N-dealkylation sites (N-methyl/N-ethyl adjacent to an activating group) is 1. The van der Waals surface area contributed by atoms with E-state index in [1.54, 1.807) is 0 Å². The molecule has 10 heteroatoms. The summed E-state index contributed by atoms with van der Waals surface area (Å²) in [5, 5.41) is 0. The van der Waals surface area contributed by atoms with E-state index in [1.807, 2.05) is 21.1 Å². The van der Waals surface area contributed by atoms with Gasteiger partial charge in [0.05, 0.1) is 27.7 Å². The van der Waals surface area contributed by atoms with Gasteiger partial charge in [-0.2, -0.15) is 0 Å². The van der Waals surface area contributed by atoms with Gasteiger partial charge in [0.2, 0.25) is 0 Å². The lowest BCUT2D eigenvalue weighted by atomic mass is 10.0. The average Bonchev–Trinajstić information content (AvgIpc) is 3.12. The number of hydrogen-bond acceptors (Lipinski definition) is 7. The molecule has 0 aliphatic carbocycles. The molecule has 0 saturated heterocycles. The van der Waals surface area contributed by atoms with Gasteiger partial charge in [-0.1, -0.05) is 194 Å². The Hall–Kier alpha value is -0.990. The predicted molar refractivity (Wildman–Crippen MR) is 225 cm³/mol. The molecule has 1 unspecified atom stereocenters. The summed E-state index contributed by atoms with van der Waals surface area (Å²) in [5.74, 6) is -0.782. The zero-order valence-electron chi connectivity index (χ0n) is 36.2. The molecule has 0 amide bonds. The van der Waals surface area contributed by atoms with Crippen molar-refractivity contribution >= 4 is 19.8 Å². The second kappa shape index (κ2) is 37.6. The first kappa shape index (κ1) is 53.0. The molecule has 2 atom stereocenters. The van der Waals surface area contributed by atoms with Crippen LogP contribution < -0.4 is 0 Å². The van der Waals surface area contributed by atoms with Crippen LogP contribution in [-0.4, -0.2) is 74.9 Å². The first-order valence-electron chi connectivity index (χ1n) is 22.8. The van der Waals surface area contributed by atoms with E-state index in [0.717, 1.165) is 38.5 Å². The van der Waals surface area contributed by atoms with E-state index < -0.39 is 26.5 Å². The maximum Gasteiger partial charge on any atom is 0.472 e. The van der Waals surface area contributed by atoms with E-state index >= 15 is 0 Å².